The average molecular weight is 534 g/mol. The molecule has 0 spiro atoms. The Morgan fingerprint density at radius 3 is 2.69 bits per heavy atom. The maximum atomic E-state index is 13.4. The first-order chi connectivity index (χ1) is 16.9. The molecule has 1 heterocycles. The van der Waals surface area contributed by atoms with Crippen molar-refractivity contribution in [2.45, 2.75) is 39.7 Å². The number of fused-ring (bicyclic) bond motifs is 1. The Morgan fingerprint density at radius 1 is 1.14 bits per heavy atom. The SMILES string of the molecule is CC[C@@H](C)c1nc2ccc(Br)cc2c(=O)n1N=Cc1cccc(OC)c1OCc1cccc(C)c1. The van der Waals surface area contributed by atoms with E-state index in [2.05, 4.69) is 34.0 Å². The van der Waals surface area contributed by atoms with Crippen molar-refractivity contribution < 1.29 is 9.47 Å². The lowest BCUT2D eigenvalue weighted by molar-refractivity contribution is 0.284. The van der Waals surface area contributed by atoms with E-state index >= 15 is 0 Å². The molecular weight excluding hydrogens is 506 g/mol. The predicted molar refractivity (Wildman–Crippen MR) is 144 cm³/mol. The summed E-state index contributed by atoms with van der Waals surface area (Å²) in [4.78, 5) is 18.2. The second kappa shape index (κ2) is 10.9. The van der Waals surface area contributed by atoms with Crippen LogP contribution >= 0.6 is 15.9 Å². The number of ether oxygens (including phenoxy) is 2. The van der Waals surface area contributed by atoms with Crippen LogP contribution in [0.15, 0.2) is 75.0 Å². The van der Waals surface area contributed by atoms with Crippen LogP contribution in [0.25, 0.3) is 10.9 Å². The fourth-order valence-corrected chi connectivity index (χ4v) is 4.17. The smallest absolute Gasteiger partial charge is 0.282 e. The van der Waals surface area contributed by atoms with E-state index in [0.29, 0.717) is 40.4 Å². The van der Waals surface area contributed by atoms with Gasteiger partial charge in [-0.05, 0) is 49.2 Å². The van der Waals surface area contributed by atoms with Crippen LogP contribution < -0.4 is 15.0 Å². The van der Waals surface area contributed by atoms with Gasteiger partial charge >= 0.3 is 0 Å². The molecule has 0 bridgehead atoms. The van der Waals surface area contributed by atoms with Gasteiger partial charge in [0.15, 0.2) is 11.5 Å². The first-order valence-corrected chi connectivity index (χ1v) is 12.3. The highest BCUT2D eigenvalue weighted by atomic mass is 79.9. The largest absolute Gasteiger partial charge is 0.493 e. The molecule has 0 fully saturated rings. The zero-order chi connectivity index (χ0) is 24.9. The molecule has 0 N–H and O–H groups in total. The van der Waals surface area contributed by atoms with E-state index in [-0.39, 0.29) is 11.5 Å². The second-order valence-electron chi connectivity index (χ2n) is 8.46. The molecule has 4 aromatic rings. The Kier molecular flexibility index (Phi) is 7.66. The van der Waals surface area contributed by atoms with E-state index in [1.165, 1.54) is 10.2 Å². The predicted octanol–water partition coefficient (Wildman–Crippen LogP) is 6.45. The summed E-state index contributed by atoms with van der Waals surface area (Å²) in [6, 6.07) is 19.3. The van der Waals surface area contributed by atoms with Crippen LogP contribution in [0, 0.1) is 6.92 Å². The molecule has 6 nitrogen and oxygen atoms in total. The quantitative estimate of drug-likeness (QED) is 0.244. The standard InChI is InChI=1S/C28H28BrN3O3/c1-5-19(3)27-31-24-13-12-22(29)15-23(24)28(33)32(27)30-16-21-10-7-11-25(34-4)26(21)35-17-20-9-6-8-18(2)14-20/h6-16,19H,5,17H2,1-4H3/t19-/m1/s1. The van der Waals surface area contributed by atoms with Crippen LogP contribution in [0.3, 0.4) is 0 Å². The molecule has 7 heteroatoms. The van der Waals surface area contributed by atoms with Crippen molar-refractivity contribution in [1.29, 1.82) is 0 Å². The summed E-state index contributed by atoms with van der Waals surface area (Å²) in [5.74, 6) is 1.83. The lowest BCUT2D eigenvalue weighted by Gasteiger charge is -2.15. The van der Waals surface area contributed by atoms with Crippen molar-refractivity contribution in [3.05, 3.63) is 98.0 Å². The Morgan fingerprint density at radius 2 is 1.94 bits per heavy atom. The summed E-state index contributed by atoms with van der Waals surface area (Å²) in [5.41, 5.74) is 3.36. The minimum Gasteiger partial charge on any atom is -0.493 e. The van der Waals surface area contributed by atoms with Crippen molar-refractivity contribution in [3.63, 3.8) is 0 Å². The number of rotatable bonds is 8. The highest BCUT2D eigenvalue weighted by Gasteiger charge is 2.16. The summed E-state index contributed by atoms with van der Waals surface area (Å²) < 4.78 is 13.9. The van der Waals surface area contributed by atoms with Crippen LogP contribution in [0.5, 0.6) is 11.5 Å². The number of hydrogen-bond donors (Lipinski definition) is 0. The number of nitrogens with zero attached hydrogens (tertiary/aromatic N) is 3. The maximum absolute atomic E-state index is 13.4. The Balaban J connectivity index is 1.77. The first kappa shape index (κ1) is 24.7. The molecule has 0 aliphatic rings. The van der Waals surface area contributed by atoms with Gasteiger partial charge in [0.25, 0.3) is 5.56 Å². The van der Waals surface area contributed by atoms with Gasteiger partial charge in [-0.3, -0.25) is 4.79 Å². The average Bonchev–Trinajstić information content (AvgIpc) is 2.86. The zero-order valence-electron chi connectivity index (χ0n) is 20.3. The van der Waals surface area contributed by atoms with Crippen molar-refractivity contribution in [2.24, 2.45) is 5.10 Å². The van der Waals surface area contributed by atoms with E-state index in [9.17, 15) is 4.79 Å². The molecule has 0 aliphatic heterocycles. The van der Waals surface area contributed by atoms with Gasteiger partial charge in [-0.2, -0.15) is 9.78 Å². The molecule has 1 atom stereocenters. The molecular formula is C28H28BrN3O3. The van der Waals surface area contributed by atoms with Crippen LogP contribution in [0.1, 0.15) is 48.7 Å². The molecule has 4 rings (SSSR count). The third-order valence-corrected chi connectivity index (χ3v) is 6.39. The number of benzene rings is 3. The fourth-order valence-electron chi connectivity index (χ4n) is 3.81. The zero-order valence-corrected chi connectivity index (χ0v) is 21.9. The van der Waals surface area contributed by atoms with Gasteiger partial charge in [-0.25, -0.2) is 4.98 Å². The summed E-state index contributed by atoms with van der Waals surface area (Å²) in [7, 11) is 1.60. The third-order valence-electron chi connectivity index (χ3n) is 5.89. The van der Waals surface area contributed by atoms with Gasteiger partial charge in [-0.15, -0.1) is 0 Å². The third kappa shape index (κ3) is 5.46. The lowest BCUT2D eigenvalue weighted by Crippen LogP contribution is -2.23. The van der Waals surface area contributed by atoms with E-state index in [4.69, 9.17) is 14.5 Å². The molecule has 0 saturated heterocycles. The van der Waals surface area contributed by atoms with Gasteiger partial charge in [0.2, 0.25) is 0 Å². The van der Waals surface area contributed by atoms with Crippen LogP contribution in [-0.2, 0) is 6.61 Å². The van der Waals surface area contributed by atoms with Gasteiger partial charge in [-0.1, -0.05) is 65.7 Å². The van der Waals surface area contributed by atoms with Crippen molar-refractivity contribution in [2.75, 3.05) is 7.11 Å². The van der Waals surface area contributed by atoms with E-state index < -0.39 is 0 Å². The van der Waals surface area contributed by atoms with Crippen LogP contribution in [0.2, 0.25) is 0 Å². The summed E-state index contributed by atoms with van der Waals surface area (Å²) in [5, 5.41) is 5.10. The van der Waals surface area contributed by atoms with E-state index in [1.807, 2.05) is 62.4 Å². The highest BCUT2D eigenvalue weighted by Crippen LogP contribution is 2.31. The molecule has 0 saturated carbocycles. The van der Waals surface area contributed by atoms with Gasteiger partial charge < -0.3 is 9.47 Å². The summed E-state index contributed by atoms with van der Waals surface area (Å²) in [6.07, 6.45) is 2.46. The van der Waals surface area contributed by atoms with Crippen molar-refractivity contribution in [3.8, 4) is 11.5 Å². The highest BCUT2D eigenvalue weighted by molar-refractivity contribution is 9.10. The minimum absolute atomic E-state index is 0.0512. The number of halogens is 1. The van der Waals surface area contributed by atoms with Gasteiger partial charge in [0.05, 0.1) is 24.2 Å². The summed E-state index contributed by atoms with van der Waals surface area (Å²) in [6.45, 7) is 6.54. The molecule has 0 aliphatic carbocycles. The molecule has 3 aromatic carbocycles. The second-order valence-corrected chi connectivity index (χ2v) is 9.37. The molecule has 0 amide bonds. The molecule has 1 aromatic heterocycles. The Hall–Kier alpha value is -3.45. The van der Waals surface area contributed by atoms with E-state index in [1.54, 1.807) is 19.4 Å². The number of para-hydroxylation sites is 1. The molecule has 0 unspecified atom stereocenters. The van der Waals surface area contributed by atoms with Crippen molar-refractivity contribution >= 4 is 33.0 Å². The number of hydrogen-bond acceptors (Lipinski definition) is 5. The molecule has 180 valence electrons. The maximum Gasteiger partial charge on any atom is 0.282 e. The van der Waals surface area contributed by atoms with Crippen molar-refractivity contribution in [1.82, 2.24) is 9.66 Å². The fraction of sp³-hybridized carbons (Fsp3) is 0.250. The Labute approximate surface area is 213 Å². The van der Waals surface area contributed by atoms with Gasteiger partial charge in [0, 0.05) is 16.0 Å². The number of aryl methyl sites for hydroxylation is 1. The van der Waals surface area contributed by atoms with Crippen LogP contribution in [-0.4, -0.2) is 23.0 Å². The molecule has 35 heavy (non-hydrogen) atoms. The number of aromatic nitrogens is 2. The Bertz CT molecular complexity index is 1450. The monoisotopic (exact) mass is 533 g/mol. The molecule has 0 radical (unpaired) electrons. The topological polar surface area (TPSA) is 65.7 Å². The first-order valence-electron chi connectivity index (χ1n) is 11.5. The normalized spacial score (nSPS) is 12.3. The summed E-state index contributed by atoms with van der Waals surface area (Å²) >= 11 is 3.45. The van der Waals surface area contributed by atoms with Gasteiger partial charge in [0.1, 0.15) is 12.4 Å². The van der Waals surface area contributed by atoms with Crippen LogP contribution in [0.4, 0.5) is 0 Å². The van der Waals surface area contributed by atoms with E-state index in [0.717, 1.165) is 16.5 Å². The minimum atomic E-state index is -0.215. The number of methoxy groups -OCH3 is 1. The lowest BCUT2D eigenvalue weighted by atomic mass is 10.1.